The maximum atomic E-state index is 6.25. The van der Waals surface area contributed by atoms with Crippen LogP contribution in [0.25, 0.3) is 0 Å². The molecule has 1 unspecified atom stereocenters. The first-order valence-electron chi connectivity index (χ1n) is 6.54. The molecule has 100 valence electrons. The number of hydrogen-bond donors (Lipinski definition) is 1. The summed E-state index contributed by atoms with van der Waals surface area (Å²) in [5.74, 6) is 0. The fourth-order valence-corrected chi connectivity index (χ4v) is 2.25. The Kier molecular flexibility index (Phi) is 5.31. The van der Waals surface area contributed by atoms with Gasteiger partial charge in [0.15, 0.2) is 0 Å². The lowest BCUT2D eigenvalue weighted by Gasteiger charge is -2.19. The van der Waals surface area contributed by atoms with E-state index in [0.29, 0.717) is 5.02 Å². The first-order valence-corrected chi connectivity index (χ1v) is 6.91. The maximum Gasteiger partial charge on any atom is 0.0762 e. The van der Waals surface area contributed by atoms with Gasteiger partial charge in [-0.15, -0.1) is 0 Å². The summed E-state index contributed by atoms with van der Waals surface area (Å²) < 4.78 is 0. The van der Waals surface area contributed by atoms with Crippen molar-refractivity contribution in [1.82, 2.24) is 15.3 Å². The smallest absolute Gasteiger partial charge is 0.0762 e. The Bertz CT molecular complexity index is 502. The molecule has 1 atom stereocenters. The van der Waals surface area contributed by atoms with Crippen molar-refractivity contribution in [3.8, 4) is 0 Å². The zero-order valence-corrected chi connectivity index (χ0v) is 11.8. The Morgan fingerprint density at radius 1 is 1.26 bits per heavy atom. The van der Waals surface area contributed by atoms with Crippen molar-refractivity contribution in [3.63, 3.8) is 0 Å². The van der Waals surface area contributed by atoms with E-state index < -0.39 is 0 Å². The van der Waals surface area contributed by atoms with Crippen molar-refractivity contribution >= 4 is 11.6 Å². The molecule has 0 radical (unpaired) electrons. The SMILES string of the molecule is CCCNC(Cc1cccnc1)c1ncccc1Cl. The van der Waals surface area contributed by atoms with E-state index in [-0.39, 0.29) is 6.04 Å². The fraction of sp³-hybridized carbons (Fsp3) is 0.333. The topological polar surface area (TPSA) is 37.8 Å². The molecule has 4 heteroatoms. The molecule has 0 spiro atoms. The van der Waals surface area contributed by atoms with Crippen LogP contribution in [0.4, 0.5) is 0 Å². The van der Waals surface area contributed by atoms with Gasteiger partial charge in [-0.3, -0.25) is 9.97 Å². The van der Waals surface area contributed by atoms with E-state index >= 15 is 0 Å². The highest BCUT2D eigenvalue weighted by atomic mass is 35.5. The van der Waals surface area contributed by atoms with Crippen LogP contribution in [0.2, 0.25) is 5.02 Å². The van der Waals surface area contributed by atoms with Gasteiger partial charge in [0.1, 0.15) is 0 Å². The number of nitrogens with zero attached hydrogens (tertiary/aromatic N) is 2. The summed E-state index contributed by atoms with van der Waals surface area (Å²) in [6, 6.07) is 7.88. The van der Waals surface area contributed by atoms with Gasteiger partial charge in [-0.25, -0.2) is 0 Å². The molecule has 0 saturated heterocycles. The van der Waals surface area contributed by atoms with Gasteiger partial charge < -0.3 is 5.32 Å². The summed E-state index contributed by atoms with van der Waals surface area (Å²) in [7, 11) is 0. The predicted octanol–water partition coefficient (Wildman–Crippen LogP) is 3.41. The van der Waals surface area contributed by atoms with Gasteiger partial charge in [0, 0.05) is 18.6 Å². The van der Waals surface area contributed by atoms with Gasteiger partial charge >= 0.3 is 0 Å². The fourth-order valence-electron chi connectivity index (χ4n) is 1.99. The monoisotopic (exact) mass is 275 g/mol. The van der Waals surface area contributed by atoms with Crippen molar-refractivity contribution in [2.24, 2.45) is 0 Å². The molecule has 0 amide bonds. The van der Waals surface area contributed by atoms with Crippen molar-refractivity contribution in [1.29, 1.82) is 0 Å². The molecule has 0 aliphatic carbocycles. The Balaban J connectivity index is 2.19. The second-order valence-electron chi connectivity index (χ2n) is 4.44. The average Bonchev–Trinajstić information content (AvgIpc) is 2.45. The van der Waals surface area contributed by atoms with E-state index in [1.807, 2.05) is 24.4 Å². The molecule has 2 aromatic rings. The minimum absolute atomic E-state index is 0.123. The lowest BCUT2D eigenvalue weighted by atomic mass is 10.0. The highest BCUT2D eigenvalue weighted by molar-refractivity contribution is 6.31. The maximum absolute atomic E-state index is 6.25. The van der Waals surface area contributed by atoms with Crippen LogP contribution in [0.15, 0.2) is 42.9 Å². The van der Waals surface area contributed by atoms with Gasteiger partial charge in [0.2, 0.25) is 0 Å². The zero-order valence-electron chi connectivity index (χ0n) is 11.0. The molecule has 0 aliphatic rings. The molecule has 0 aromatic carbocycles. The molecule has 0 aliphatic heterocycles. The van der Waals surface area contributed by atoms with Crippen LogP contribution in [0.3, 0.4) is 0 Å². The van der Waals surface area contributed by atoms with E-state index in [4.69, 9.17) is 11.6 Å². The van der Waals surface area contributed by atoms with Crippen molar-refractivity contribution in [2.75, 3.05) is 6.54 Å². The van der Waals surface area contributed by atoms with Gasteiger partial charge in [-0.05, 0) is 43.1 Å². The molecule has 0 fully saturated rings. The van der Waals surface area contributed by atoms with E-state index in [1.165, 1.54) is 5.56 Å². The first kappa shape index (κ1) is 14.0. The van der Waals surface area contributed by atoms with Crippen LogP contribution in [-0.4, -0.2) is 16.5 Å². The Morgan fingerprint density at radius 3 is 2.79 bits per heavy atom. The normalized spacial score (nSPS) is 12.3. The summed E-state index contributed by atoms with van der Waals surface area (Å²) in [5, 5.41) is 4.21. The van der Waals surface area contributed by atoms with Crippen LogP contribution >= 0.6 is 11.6 Å². The van der Waals surface area contributed by atoms with E-state index in [0.717, 1.165) is 25.1 Å². The van der Waals surface area contributed by atoms with Crippen molar-refractivity contribution in [3.05, 3.63) is 59.1 Å². The van der Waals surface area contributed by atoms with Crippen LogP contribution in [-0.2, 0) is 6.42 Å². The molecule has 2 aromatic heterocycles. The summed E-state index contributed by atoms with van der Waals surface area (Å²) in [4.78, 5) is 8.57. The molecule has 19 heavy (non-hydrogen) atoms. The molecule has 3 nitrogen and oxygen atoms in total. The number of aromatic nitrogens is 2. The van der Waals surface area contributed by atoms with Crippen LogP contribution in [0.1, 0.15) is 30.6 Å². The molecular formula is C15H18ClN3. The third kappa shape index (κ3) is 4.01. The minimum Gasteiger partial charge on any atom is -0.308 e. The standard InChI is InChI=1S/C15H18ClN3/c1-2-7-18-14(10-12-5-3-8-17-11-12)15-13(16)6-4-9-19-15/h3-6,8-9,11,14,18H,2,7,10H2,1H3. The molecule has 0 saturated carbocycles. The summed E-state index contributed by atoms with van der Waals surface area (Å²) in [5.41, 5.74) is 2.08. The third-order valence-electron chi connectivity index (χ3n) is 2.92. The molecule has 1 N–H and O–H groups in total. The number of pyridine rings is 2. The largest absolute Gasteiger partial charge is 0.308 e. The van der Waals surface area contributed by atoms with Crippen molar-refractivity contribution < 1.29 is 0 Å². The zero-order chi connectivity index (χ0) is 13.5. The molecule has 2 heterocycles. The minimum atomic E-state index is 0.123. The lowest BCUT2D eigenvalue weighted by Crippen LogP contribution is -2.25. The molecular weight excluding hydrogens is 258 g/mol. The van der Waals surface area contributed by atoms with Gasteiger partial charge in [-0.2, -0.15) is 0 Å². The van der Waals surface area contributed by atoms with Crippen molar-refractivity contribution in [2.45, 2.75) is 25.8 Å². The van der Waals surface area contributed by atoms with Crippen LogP contribution in [0.5, 0.6) is 0 Å². The van der Waals surface area contributed by atoms with Crippen LogP contribution < -0.4 is 5.32 Å². The first-order chi connectivity index (χ1) is 9.31. The van der Waals surface area contributed by atoms with E-state index in [2.05, 4.69) is 28.3 Å². The predicted molar refractivity (Wildman–Crippen MR) is 78.2 cm³/mol. The lowest BCUT2D eigenvalue weighted by molar-refractivity contribution is 0.517. The number of hydrogen-bond acceptors (Lipinski definition) is 3. The number of halogens is 1. The summed E-state index contributed by atoms with van der Waals surface area (Å²) in [6.45, 7) is 3.09. The highest BCUT2D eigenvalue weighted by Crippen LogP contribution is 2.23. The molecule has 0 bridgehead atoms. The second kappa shape index (κ2) is 7.22. The number of rotatable bonds is 6. The van der Waals surface area contributed by atoms with Gasteiger partial charge in [0.05, 0.1) is 16.8 Å². The molecule has 2 rings (SSSR count). The van der Waals surface area contributed by atoms with Gasteiger partial charge in [0.25, 0.3) is 0 Å². The Labute approximate surface area is 119 Å². The second-order valence-corrected chi connectivity index (χ2v) is 4.85. The van der Waals surface area contributed by atoms with Crippen LogP contribution in [0, 0.1) is 0 Å². The Morgan fingerprint density at radius 2 is 2.11 bits per heavy atom. The quantitative estimate of drug-likeness (QED) is 0.878. The third-order valence-corrected chi connectivity index (χ3v) is 3.24. The Hall–Kier alpha value is -1.45. The van der Waals surface area contributed by atoms with E-state index in [1.54, 1.807) is 12.4 Å². The average molecular weight is 276 g/mol. The highest BCUT2D eigenvalue weighted by Gasteiger charge is 2.15. The summed E-state index contributed by atoms with van der Waals surface area (Å²) in [6.07, 6.45) is 7.37. The van der Waals surface area contributed by atoms with E-state index in [9.17, 15) is 0 Å². The summed E-state index contributed by atoms with van der Waals surface area (Å²) >= 11 is 6.25. The van der Waals surface area contributed by atoms with Gasteiger partial charge in [-0.1, -0.05) is 24.6 Å². The number of nitrogens with one attached hydrogen (secondary N) is 1.